The third kappa shape index (κ3) is 7.04. The van der Waals surface area contributed by atoms with Crippen molar-refractivity contribution in [2.75, 3.05) is 6.61 Å². The number of rotatable bonds is 4. The highest BCUT2D eigenvalue weighted by Gasteiger charge is 2.31. The van der Waals surface area contributed by atoms with E-state index in [9.17, 15) is 4.79 Å². The molecule has 1 rings (SSSR count). The Morgan fingerprint density at radius 1 is 1.14 bits per heavy atom. The third-order valence-corrected chi connectivity index (χ3v) is 3.19. The van der Waals surface area contributed by atoms with Crippen LogP contribution in [0.5, 0.6) is 0 Å². The Hall–Kier alpha value is -1.41. The van der Waals surface area contributed by atoms with Crippen molar-refractivity contribution in [3.63, 3.8) is 0 Å². The number of ether oxygens (including phenoxy) is 1. The first kappa shape index (κ1) is 20.6. The van der Waals surface area contributed by atoms with E-state index in [1.165, 1.54) is 12.1 Å². The Balaban J connectivity index is 0.000000472. The monoisotopic (exact) mass is 312 g/mol. The van der Waals surface area contributed by atoms with Crippen molar-refractivity contribution in [3.05, 3.63) is 29.8 Å². The number of esters is 1. The summed E-state index contributed by atoms with van der Waals surface area (Å²) in [6, 6.07) is 6.04. The number of aliphatic hydroxyl groups is 2. The van der Waals surface area contributed by atoms with Crippen molar-refractivity contribution in [2.24, 2.45) is 0 Å². The molecule has 0 atom stereocenters. The van der Waals surface area contributed by atoms with Gasteiger partial charge in [-0.05, 0) is 52.2 Å². The fourth-order valence-corrected chi connectivity index (χ4v) is 1.04. The molecule has 0 heterocycles. The predicted molar refractivity (Wildman–Crippen MR) is 84.8 cm³/mol. The van der Waals surface area contributed by atoms with Gasteiger partial charge in [0.1, 0.15) is 0 Å². The highest BCUT2D eigenvalue weighted by Crippen LogP contribution is 2.19. The molecule has 1 aromatic carbocycles. The first-order valence-electron chi connectivity index (χ1n) is 6.98. The summed E-state index contributed by atoms with van der Waals surface area (Å²) in [5.74, 6) is -0.463. The van der Waals surface area contributed by atoms with Gasteiger partial charge in [0.15, 0.2) is 0 Å². The molecule has 1 aromatic rings. The van der Waals surface area contributed by atoms with E-state index in [-0.39, 0.29) is 5.46 Å². The average molecular weight is 312 g/mol. The van der Waals surface area contributed by atoms with Crippen LogP contribution in [0.15, 0.2) is 24.3 Å². The highest BCUT2D eigenvalue weighted by molar-refractivity contribution is 6.58. The van der Waals surface area contributed by atoms with Gasteiger partial charge in [-0.2, -0.15) is 0 Å². The van der Waals surface area contributed by atoms with Gasteiger partial charge in [-0.1, -0.05) is 12.1 Å². The lowest BCUT2D eigenvalue weighted by molar-refractivity contribution is -0.107. The molecule has 0 fully saturated rings. The molecular formula is C15H25BO6. The summed E-state index contributed by atoms with van der Waals surface area (Å²) in [5, 5.41) is 35.9. The molecule has 0 aliphatic rings. The molecule has 0 saturated carbocycles. The summed E-state index contributed by atoms with van der Waals surface area (Å²) in [5.41, 5.74) is -1.42. The van der Waals surface area contributed by atoms with Crippen molar-refractivity contribution in [2.45, 2.75) is 45.8 Å². The molecule has 0 aromatic heterocycles. The fraction of sp³-hybridized carbons (Fsp3) is 0.533. The number of hydrogen-bond donors (Lipinski definition) is 4. The largest absolute Gasteiger partial charge is 0.488 e. The van der Waals surface area contributed by atoms with Crippen LogP contribution in [-0.4, -0.2) is 51.2 Å². The van der Waals surface area contributed by atoms with E-state index in [0.717, 1.165) is 0 Å². The van der Waals surface area contributed by atoms with Crippen LogP contribution in [0.4, 0.5) is 0 Å². The maximum absolute atomic E-state index is 11.2. The molecule has 7 heteroatoms. The molecule has 0 saturated heterocycles. The zero-order valence-electron chi connectivity index (χ0n) is 13.7. The Kier molecular flexibility index (Phi) is 7.76. The normalized spacial score (nSPS) is 11.3. The molecule has 0 bridgehead atoms. The molecule has 6 nitrogen and oxygen atoms in total. The number of carbonyl (C=O) groups excluding carboxylic acids is 1. The second kappa shape index (κ2) is 8.29. The Labute approximate surface area is 131 Å². The van der Waals surface area contributed by atoms with Crippen molar-refractivity contribution in [3.8, 4) is 0 Å². The molecule has 0 aliphatic carbocycles. The van der Waals surface area contributed by atoms with Crippen molar-refractivity contribution in [1.82, 2.24) is 0 Å². The van der Waals surface area contributed by atoms with E-state index in [4.69, 9.17) is 25.0 Å². The van der Waals surface area contributed by atoms with E-state index in [1.807, 2.05) is 0 Å². The number of benzene rings is 1. The topological polar surface area (TPSA) is 107 Å². The summed E-state index contributed by atoms with van der Waals surface area (Å²) < 4.78 is 4.76. The molecule has 22 heavy (non-hydrogen) atoms. The molecule has 0 unspecified atom stereocenters. The van der Waals surface area contributed by atoms with E-state index in [1.54, 1.807) is 46.8 Å². The van der Waals surface area contributed by atoms with Gasteiger partial charge >= 0.3 is 13.1 Å². The molecule has 4 N–H and O–H groups in total. The van der Waals surface area contributed by atoms with Crippen LogP contribution in [0.25, 0.3) is 0 Å². The standard InChI is InChI=1S/C9H11BO4.C6H14O2/c1-2-14-9(11)7-4-3-5-8(6-7)10(12)13;1-5(2,7)6(3,4)8/h3-6,12-13H,2H2,1H3;7-8H,1-4H3. The minimum Gasteiger partial charge on any atom is -0.462 e. The van der Waals surface area contributed by atoms with Gasteiger partial charge in [0.05, 0.1) is 23.4 Å². The van der Waals surface area contributed by atoms with E-state index < -0.39 is 24.3 Å². The van der Waals surface area contributed by atoms with Crippen LogP contribution < -0.4 is 5.46 Å². The van der Waals surface area contributed by atoms with Crippen molar-refractivity contribution < 1.29 is 29.8 Å². The SMILES string of the molecule is CC(C)(O)C(C)(C)O.CCOC(=O)c1cccc(B(O)O)c1. The van der Waals surface area contributed by atoms with Crippen LogP contribution in [0.1, 0.15) is 45.0 Å². The maximum atomic E-state index is 11.2. The summed E-state index contributed by atoms with van der Waals surface area (Å²) in [4.78, 5) is 11.2. The van der Waals surface area contributed by atoms with Gasteiger partial charge in [0.2, 0.25) is 0 Å². The first-order valence-corrected chi connectivity index (χ1v) is 6.98. The summed E-state index contributed by atoms with van der Waals surface area (Å²) in [6.07, 6.45) is 0. The van der Waals surface area contributed by atoms with E-state index in [2.05, 4.69) is 0 Å². The zero-order valence-corrected chi connectivity index (χ0v) is 13.7. The highest BCUT2D eigenvalue weighted by atomic mass is 16.5. The zero-order chi connectivity index (χ0) is 17.6. The molecule has 0 radical (unpaired) electrons. The lowest BCUT2D eigenvalue weighted by Gasteiger charge is -2.31. The quantitative estimate of drug-likeness (QED) is 0.463. The number of hydrogen-bond acceptors (Lipinski definition) is 6. The third-order valence-electron chi connectivity index (χ3n) is 3.19. The average Bonchev–Trinajstić information content (AvgIpc) is 2.37. The van der Waals surface area contributed by atoms with Crippen LogP contribution in [0.2, 0.25) is 0 Å². The van der Waals surface area contributed by atoms with Gasteiger partial charge in [-0.15, -0.1) is 0 Å². The minimum absolute atomic E-state index is 0.274. The summed E-state index contributed by atoms with van der Waals surface area (Å²) in [7, 11) is -1.57. The molecule has 0 spiro atoms. The molecule has 0 amide bonds. The smallest absolute Gasteiger partial charge is 0.462 e. The summed E-state index contributed by atoms with van der Waals surface area (Å²) >= 11 is 0. The van der Waals surface area contributed by atoms with Crippen molar-refractivity contribution >= 4 is 18.6 Å². The van der Waals surface area contributed by atoms with E-state index >= 15 is 0 Å². The second-order valence-corrected chi connectivity index (χ2v) is 5.84. The minimum atomic E-state index is -1.57. The number of carbonyl (C=O) groups is 1. The summed E-state index contributed by atoms with van der Waals surface area (Å²) in [6.45, 7) is 8.31. The molecule has 124 valence electrons. The van der Waals surface area contributed by atoms with E-state index in [0.29, 0.717) is 12.2 Å². The maximum Gasteiger partial charge on any atom is 0.488 e. The van der Waals surface area contributed by atoms with Gasteiger partial charge in [-0.25, -0.2) is 4.79 Å². The van der Waals surface area contributed by atoms with Crippen molar-refractivity contribution in [1.29, 1.82) is 0 Å². The first-order chi connectivity index (χ1) is 9.90. The Morgan fingerprint density at radius 2 is 1.64 bits per heavy atom. The molecular weight excluding hydrogens is 287 g/mol. The Morgan fingerprint density at radius 3 is 2.00 bits per heavy atom. The van der Waals surface area contributed by atoms with Crippen LogP contribution in [0.3, 0.4) is 0 Å². The van der Waals surface area contributed by atoms with Crippen LogP contribution in [0, 0.1) is 0 Å². The second-order valence-electron chi connectivity index (χ2n) is 5.84. The lowest BCUT2D eigenvalue weighted by atomic mass is 9.80. The Bertz CT molecular complexity index is 462. The van der Waals surface area contributed by atoms with Gasteiger partial charge in [-0.3, -0.25) is 0 Å². The van der Waals surface area contributed by atoms with Gasteiger partial charge in [0.25, 0.3) is 0 Å². The lowest BCUT2D eigenvalue weighted by Crippen LogP contribution is -2.44. The van der Waals surface area contributed by atoms with Gasteiger partial charge < -0.3 is 25.0 Å². The fourth-order valence-electron chi connectivity index (χ4n) is 1.04. The predicted octanol–water partition coefficient (Wildman–Crippen LogP) is 0.0713. The van der Waals surface area contributed by atoms with Crippen LogP contribution in [-0.2, 0) is 4.74 Å². The van der Waals surface area contributed by atoms with Crippen LogP contribution >= 0.6 is 0 Å². The van der Waals surface area contributed by atoms with Gasteiger partial charge in [0, 0.05) is 0 Å². The molecule has 0 aliphatic heterocycles.